The Labute approximate surface area is 114 Å². The highest BCUT2D eigenvalue weighted by molar-refractivity contribution is 5.95. The maximum atomic E-state index is 11.5. The summed E-state index contributed by atoms with van der Waals surface area (Å²) in [6.07, 6.45) is 0. The molecule has 5 heteroatoms. The van der Waals surface area contributed by atoms with Gasteiger partial charge >= 0.3 is 0 Å². The monoisotopic (exact) mass is 262 g/mol. The fourth-order valence-electron chi connectivity index (χ4n) is 2.36. The summed E-state index contributed by atoms with van der Waals surface area (Å²) in [6.45, 7) is 7.40. The Morgan fingerprint density at radius 3 is 2.58 bits per heavy atom. The van der Waals surface area contributed by atoms with Crippen molar-refractivity contribution < 1.29 is 4.79 Å². The number of piperazine rings is 1. The summed E-state index contributed by atoms with van der Waals surface area (Å²) in [6, 6.07) is 7.90. The lowest BCUT2D eigenvalue weighted by atomic mass is 10.2. The van der Waals surface area contributed by atoms with Gasteiger partial charge in [-0.3, -0.25) is 4.79 Å². The molecule has 1 amide bonds. The number of benzene rings is 1. The number of anilines is 2. The maximum absolute atomic E-state index is 11.5. The lowest BCUT2D eigenvalue weighted by Crippen LogP contribution is -2.46. The number of para-hydroxylation sites is 2. The third kappa shape index (κ3) is 3.45. The Kier molecular flexibility index (Phi) is 4.76. The highest BCUT2D eigenvalue weighted by Crippen LogP contribution is 2.26. The van der Waals surface area contributed by atoms with E-state index in [1.165, 1.54) is 0 Å². The molecule has 1 aliphatic rings. The van der Waals surface area contributed by atoms with Crippen molar-refractivity contribution >= 4 is 17.3 Å². The zero-order chi connectivity index (χ0) is 13.7. The van der Waals surface area contributed by atoms with Gasteiger partial charge in [-0.25, -0.2) is 0 Å². The van der Waals surface area contributed by atoms with Crippen LogP contribution >= 0.6 is 0 Å². The van der Waals surface area contributed by atoms with E-state index in [1.807, 2.05) is 24.3 Å². The van der Waals surface area contributed by atoms with E-state index in [9.17, 15) is 4.79 Å². The van der Waals surface area contributed by atoms with Crippen molar-refractivity contribution in [2.45, 2.75) is 6.92 Å². The van der Waals surface area contributed by atoms with Crippen LogP contribution in [0.15, 0.2) is 24.3 Å². The Morgan fingerprint density at radius 2 is 1.95 bits per heavy atom. The average molecular weight is 262 g/mol. The molecule has 0 saturated carbocycles. The Morgan fingerprint density at radius 1 is 1.26 bits per heavy atom. The van der Waals surface area contributed by atoms with E-state index in [0.29, 0.717) is 0 Å². The Bertz CT molecular complexity index is 427. The van der Waals surface area contributed by atoms with Crippen molar-refractivity contribution in [3.63, 3.8) is 0 Å². The molecule has 2 rings (SSSR count). The first kappa shape index (κ1) is 13.8. The molecule has 0 aromatic heterocycles. The molecule has 0 unspecified atom stereocenters. The number of likely N-dealkylation sites (N-methyl/N-ethyl adjacent to an activating group) is 1. The number of nitrogens with two attached hydrogens (primary N) is 1. The summed E-state index contributed by atoms with van der Waals surface area (Å²) < 4.78 is 0. The second-order valence-corrected chi connectivity index (χ2v) is 4.69. The summed E-state index contributed by atoms with van der Waals surface area (Å²) in [5.41, 5.74) is 7.29. The molecule has 1 aliphatic heterocycles. The van der Waals surface area contributed by atoms with Crippen molar-refractivity contribution in [1.29, 1.82) is 0 Å². The highest BCUT2D eigenvalue weighted by Gasteiger charge is 2.18. The van der Waals surface area contributed by atoms with E-state index in [-0.39, 0.29) is 12.5 Å². The minimum absolute atomic E-state index is 0.0119. The summed E-state index contributed by atoms with van der Waals surface area (Å²) >= 11 is 0. The summed E-state index contributed by atoms with van der Waals surface area (Å²) in [4.78, 5) is 16.2. The van der Waals surface area contributed by atoms with E-state index < -0.39 is 0 Å². The van der Waals surface area contributed by atoms with Crippen molar-refractivity contribution in [3.8, 4) is 0 Å². The molecule has 1 heterocycles. The molecule has 3 N–H and O–H groups in total. The van der Waals surface area contributed by atoms with E-state index in [2.05, 4.69) is 22.0 Å². The van der Waals surface area contributed by atoms with Gasteiger partial charge in [-0.1, -0.05) is 19.1 Å². The quantitative estimate of drug-likeness (QED) is 0.839. The molecule has 1 saturated heterocycles. The van der Waals surface area contributed by atoms with Crippen LogP contribution in [0.3, 0.4) is 0 Å². The predicted octanol–water partition coefficient (Wildman–Crippen LogP) is 0.726. The van der Waals surface area contributed by atoms with Gasteiger partial charge in [0.2, 0.25) is 5.91 Å². The minimum atomic E-state index is -0.153. The number of hydrogen-bond acceptors (Lipinski definition) is 4. The van der Waals surface area contributed by atoms with Gasteiger partial charge in [-0.15, -0.1) is 0 Å². The molecular weight excluding hydrogens is 240 g/mol. The van der Waals surface area contributed by atoms with Gasteiger partial charge in [0.05, 0.1) is 17.9 Å². The average Bonchev–Trinajstić information content (AvgIpc) is 2.48. The standard InChI is InChI=1S/C14H22N4O/c1-2-17-7-9-18(10-8-17)13-6-4-3-5-12(13)16-14(19)11-15/h3-6H,2,7-11,15H2,1H3,(H,16,19). The first-order chi connectivity index (χ1) is 9.24. The summed E-state index contributed by atoms with van der Waals surface area (Å²) in [7, 11) is 0. The molecule has 1 aromatic carbocycles. The lowest BCUT2D eigenvalue weighted by Gasteiger charge is -2.36. The van der Waals surface area contributed by atoms with Crippen LogP contribution in [0, 0.1) is 0 Å². The molecule has 5 nitrogen and oxygen atoms in total. The molecule has 19 heavy (non-hydrogen) atoms. The molecule has 0 spiro atoms. The van der Waals surface area contributed by atoms with Crippen LogP contribution in [-0.2, 0) is 4.79 Å². The van der Waals surface area contributed by atoms with Gasteiger partial charge in [0.25, 0.3) is 0 Å². The zero-order valence-electron chi connectivity index (χ0n) is 11.4. The van der Waals surface area contributed by atoms with Crippen LogP contribution in [-0.4, -0.2) is 50.1 Å². The zero-order valence-corrected chi connectivity index (χ0v) is 11.4. The van der Waals surface area contributed by atoms with Gasteiger partial charge in [0.1, 0.15) is 0 Å². The number of carbonyl (C=O) groups is 1. The molecule has 1 aromatic rings. The predicted molar refractivity (Wildman–Crippen MR) is 78.5 cm³/mol. The Hall–Kier alpha value is -1.59. The number of rotatable bonds is 4. The number of amides is 1. The lowest BCUT2D eigenvalue weighted by molar-refractivity contribution is -0.114. The van der Waals surface area contributed by atoms with Crippen molar-refractivity contribution in [1.82, 2.24) is 4.90 Å². The van der Waals surface area contributed by atoms with Crippen molar-refractivity contribution in [2.24, 2.45) is 5.73 Å². The SMILES string of the molecule is CCN1CCN(c2ccccc2NC(=O)CN)CC1. The number of carbonyl (C=O) groups excluding carboxylic acids is 1. The number of hydrogen-bond donors (Lipinski definition) is 2. The molecule has 0 atom stereocenters. The number of nitrogens with zero attached hydrogens (tertiary/aromatic N) is 2. The van der Waals surface area contributed by atoms with Crippen molar-refractivity contribution in [3.05, 3.63) is 24.3 Å². The first-order valence-electron chi connectivity index (χ1n) is 6.81. The van der Waals surface area contributed by atoms with Crippen LogP contribution in [0.25, 0.3) is 0 Å². The molecule has 0 bridgehead atoms. The molecule has 0 radical (unpaired) electrons. The van der Waals surface area contributed by atoms with E-state index in [1.54, 1.807) is 0 Å². The van der Waals surface area contributed by atoms with Gasteiger partial charge in [0.15, 0.2) is 0 Å². The molecular formula is C14H22N4O. The van der Waals surface area contributed by atoms with Gasteiger partial charge in [-0.05, 0) is 18.7 Å². The fourth-order valence-corrected chi connectivity index (χ4v) is 2.36. The van der Waals surface area contributed by atoms with E-state index in [4.69, 9.17) is 5.73 Å². The van der Waals surface area contributed by atoms with Gasteiger partial charge in [0, 0.05) is 26.2 Å². The summed E-state index contributed by atoms with van der Waals surface area (Å²) in [5.74, 6) is -0.153. The van der Waals surface area contributed by atoms with Crippen LogP contribution in [0.1, 0.15) is 6.92 Å². The number of nitrogens with one attached hydrogen (secondary N) is 1. The third-order valence-corrected chi connectivity index (χ3v) is 3.52. The Balaban J connectivity index is 2.09. The highest BCUT2D eigenvalue weighted by atomic mass is 16.1. The van der Waals surface area contributed by atoms with Crippen LogP contribution < -0.4 is 16.0 Å². The first-order valence-corrected chi connectivity index (χ1v) is 6.81. The molecule has 1 fully saturated rings. The maximum Gasteiger partial charge on any atom is 0.238 e. The fraction of sp³-hybridized carbons (Fsp3) is 0.500. The largest absolute Gasteiger partial charge is 0.367 e. The molecule has 104 valence electrons. The van der Waals surface area contributed by atoms with Crippen LogP contribution in [0.5, 0.6) is 0 Å². The molecule has 0 aliphatic carbocycles. The van der Waals surface area contributed by atoms with Gasteiger partial charge < -0.3 is 20.9 Å². The second-order valence-electron chi connectivity index (χ2n) is 4.69. The topological polar surface area (TPSA) is 61.6 Å². The van der Waals surface area contributed by atoms with Crippen molar-refractivity contribution in [2.75, 3.05) is 49.5 Å². The van der Waals surface area contributed by atoms with Gasteiger partial charge in [-0.2, -0.15) is 0 Å². The normalized spacial score (nSPS) is 16.4. The van der Waals surface area contributed by atoms with Crippen LogP contribution in [0.2, 0.25) is 0 Å². The van der Waals surface area contributed by atoms with E-state index >= 15 is 0 Å². The van der Waals surface area contributed by atoms with Crippen LogP contribution in [0.4, 0.5) is 11.4 Å². The summed E-state index contributed by atoms with van der Waals surface area (Å²) in [5, 5.41) is 2.86. The third-order valence-electron chi connectivity index (χ3n) is 3.52. The smallest absolute Gasteiger partial charge is 0.238 e. The van der Waals surface area contributed by atoms with E-state index in [0.717, 1.165) is 44.1 Å². The minimum Gasteiger partial charge on any atom is -0.367 e. The second kappa shape index (κ2) is 6.54.